The molecule has 0 spiro atoms. The molecule has 3 N–H and O–H groups in total. The van der Waals surface area contributed by atoms with E-state index < -0.39 is 0 Å². The second kappa shape index (κ2) is 9.26. The number of nitrogens with one attached hydrogen (secondary N) is 1. The molecule has 1 aliphatic rings. The van der Waals surface area contributed by atoms with E-state index in [-0.39, 0.29) is 6.04 Å². The third kappa shape index (κ3) is 5.48. The zero-order chi connectivity index (χ0) is 16.7. The molecule has 4 nitrogen and oxygen atoms in total. The summed E-state index contributed by atoms with van der Waals surface area (Å²) >= 11 is 0. The minimum absolute atomic E-state index is 0.232. The highest BCUT2D eigenvalue weighted by Crippen LogP contribution is 2.17. The molecular weight excluding hydrogens is 284 g/mol. The van der Waals surface area contributed by atoms with E-state index in [1.807, 2.05) is 0 Å². The van der Waals surface area contributed by atoms with Crippen LogP contribution in [0.3, 0.4) is 0 Å². The van der Waals surface area contributed by atoms with Gasteiger partial charge in [-0.15, -0.1) is 0 Å². The highest BCUT2D eigenvalue weighted by atomic mass is 15.2. The van der Waals surface area contributed by atoms with Crippen molar-refractivity contribution in [1.29, 1.82) is 0 Å². The summed E-state index contributed by atoms with van der Waals surface area (Å²) in [5.41, 5.74) is 9.07. The first kappa shape index (κ1) is 18.2. The Morgan fingerprint density at radius 2 is 1.74 bits per heavy atom. The first-order valence-electron chi connectivity index (χ1n) is 9.18. The van der Waals surface area contributed by atoms with Crippen molar-refractivity contribution < 1.29 is 0 Å². The Morgan fingerprint density at radius 3 is 2.30 bits per heavy atom. The lowest BCUT2D eigenvalue weighted by Gasteiger charge is -2.30. The van der Waals surface area contributed by atoms with Crippen LogP contribution in [0.1, 0.15) is 32.8 Å². The van der Waals surface area contributed by atoms with Gasteiger partial charge in [-0.2, -0.15) is 0 Å². The topological polar surface area (TPSA) is 44.5 Å². The summed E-state index contributed by atoms with van der Waals surface area (Å²) in [6.45, 7) is 13.3. The molecule has 2 rings (SSSR count). The van der Waals surface area contributed by atoms with Crippen LogP contribution in [0.25, 0.3) is 0 Å². The molecule has 0 aromatic heterocycles. The first-order chi connectivity index (χ1) is 11.1. The van der Waals surface area contributed by atoms with Crippen LogP contribution in [0.2, 0.25) is 0 Å². The molecule has 0 amide bonds. The van der Waals surface area contributed by atoms with Crippen LogP contribution in [0.4, 0.5) is 5.69 Å². The summed E-state index contributed by atoms with van der Waals surface area (Å²) in [4.78, 5) is 4.93. The minimum atomic E-state index is 0.232. The molecule has 23 heavy (non-hydrogen) atoms. The van der Waals surface area contributed by atoms with Crippen molar-refractivity contribution in [1.82, 2.24) is 10.2 Å². The van der Waals surface area contributed by atoms with Crippen molar-refractivity contribution in [3.63, 3.8) is 0 Å². The van der Waals surface area contributed by atoms with E-state index in [0.29, 0.717) is 6.04 Å². The Morgan fingerprint density at radius 1 is 1.13 bits per heavy atom. The summed E-state index contributed by atoms with van der Waals surface area (Å²) < 4.78 is 0. The Kier molecular flexibility index (Phi) is 7.34. The number of piperazine rings is 1. The van der Waals surface area contributed by atoms with Gasteiger partial charge in [0, 0.05) is 44.0 Å². The van der Waals surface area contributed by atoms with Crippen molar-refractivity contribution in [2.45, 2.75) is 45.7 Å². The number of nitrogens with two attached hydrogens (primary N) is 1. The van der Waals surface area contributed by atoms with Crippen LogP contribution < -0.4 is 16.0 Å². The van der Waals surface area contributed by atoms with Gasteiger partial charge in [0.15, 0.2) is 0 Å². The number of benzene rings is 1. The molecule has 0 saturated carbocycles. The van der Waals surface area contributed by atoms with E-state index in [0.717, 1.165) is 52.1 Å². The normalized spacial score (nSPS) is 18.2. The SMILES string of the molecule is CCN(CC)C(C)CC(N)Cc1ccc(N2CCNCC2)cc1. The molecule has 0 bridgehead atoms. The van der Waals surface area contributed by atoms with Gasteiger partial charge in [-0.3, -0.25) is 0 Å². The number of hydrogen-bond acceptors (Lipinski definition) is 4. The zero-order valence-corrected chi connectivity index (χ0v) is 15.1. The molecule has 1 aromatic carbocycles. The second-order valence-corrected chi connectivity index (χ2v) is 6.67. The fraction of sp³-hybridized carbons (Fsp3) is 0.684. The lowest BCUT2D eigenvalue weighted by molar-refractivity contribution is 0.211. The Bertz CT molecular complexity index is 435. The van der Waals surface area contributed by atoms with E-state index in [1.54, 1.807) is 0 Å². The summed E-state index contributed by atoms with van der Waals surface area (Å²) in [5.74, 6) is 0. The van der Waals surface area contributed by atoms with E-state index in [2.05, 4.69) is 60.2 Å². The van der Waals surface area contributed by atoms with Gasteiger partial charge in [0.2, 0.25) is 0 Å². The quantitative estimate of drug-likeness (QED) is 0.770. The van der Waals surface area contributed by atoms with Crippen LogP contribution >= 0.6 is 0 Å². The average Bonchev–Trinajstić information content (AvgIpc) is 2.57. The van der Waals surface area contributed by atoms with E-state index in [9.17, 15) is 0 Å². The summed E-state index contributed by atoms with van der Waals surface area (Å²) in [5, 5.41) is 3.40. The van der Waals surface area contributed by atoms with Crippen LogP contribution in [-0.2, 0) is 6.42 Å². The fourth-order valence-electron chi connectivity index (χ4n) is 3.59. The molecule has 1 aliphatic heterocycles. The Balaban J connectivity index is 1.85. The van der Waals surface area contributed by atoms with Gasteiger partial charge in [0.05, 0.1) is 0 Å². The largest absolute Gasteiger partial charge is 0.369 e. The molecule has 0 radical (unpaired) electrons. The standard InChI is InChI=1S/C19H34N4/c1-4-22(5-2)16(3)14-18(20)15-17-6-8-19(9-7-17)23-12-10-21-11-13-23/h6-9,16,18,21H,4-5,10-15,20H2,1-3H3. The van der Waals surface area contributed by atoms with Gasteiger partial charge in [-0.25, -0.2) is 0 Å². The third-order valence-corrected chi connectivity index (χ3v) is 5.00. The predicted molar refractivity (Wildman–Crippen MR) is 100 cm³/mol. The Labute approximate surface area is 142 Å². The van der Waals surface area contributed by atoms with Crippen molar-refractivity contribution in [2.75, 3.05) is 44.2 Å². The van der Waals surface area contributed by atoms with Gasteiger partial charge in [0.25, 0.3) is 0 Å². The van der Waals surface area contributed by atoms with Crippen molar-refractivity contribution in [2.24, 2.45) is 5.73 Å². The lowest BCUT2D eigenvalue weighted by Crippen LogP contribution is -2.43. The third-order valence-electron chi connectivity index (χ3n) is 5.00. The monoisotopic (exact) mass is 318 g/mol. The van der Waals surface area contributed by atoms with Gasteiger partial charge in [0.1, 0.15) is 0 Å². The molecule has 1 fully saturated rings. The van der Waals surface area contributed by atoms with Crippen molar-refractivity contribution >= 4 is 5.69 Å². The highest BCUT2D eigenvalue weighted by molar-refractivity contribution is 5.48. The number of anilines is 1. The van der Waals surface area contributed by atoms with Crippen LogP contribution in [-0.4, -0.2) is 56.3 Å². The van der Waals surface area contributed by atoms with E-state index >= 15 is 0 Å². The number of nitrogens with zero attached hydrogens (tertiary/aromatic N) is 2. The molecule has 4 heteroatoms. The number of hydrogen-bond donors (Lipinski definition) is 2. The van der Waals surface area contributed by atoms with Crippen molar-refractivity contribution in [3.05, 3.63) is 29.8 Å². The zero-order valence-electron chi connectivity index (χ0n) is 15.1. The fourth-order valence-corrected chi connectivity index (χ4v) is 3.59. The summed E-state index contributed by atoms with van der Waals surface area (Å²) in [7, 11) is 0. The molecule has 0 aliphatic carbocycles. The first-order valence-corrected chi connectivity index (χ1v) is 9.18. The van der Waals surface area contributed by atoms with E-state index in [1.165, 1.54) is 11.3 Å². The van der Waals surface area contributed by atoms with Crippen molar-refractivity contribution in [3.8, 4) is 0 Å². The van der Waals surface area contributed by atoms with Gasteiger partial charge in [-0.1, -0.05) is 26.0 Å². The van der Waals surface area contributed by atoms with Gasteiger partial charge >= 0.3 is 0 Å². The molecule has 2 atom stereocenters. The maximum Gasteiger partial charge on any atom is 0.0367 e. The molecule has 1 aromatic rings. The molecule has 1 heterocycles. The van der Waals surface area contributed by atoms with Crippen LogP contribution in [0.15, 0.2) is 24.3 Å². The molecule has 1 saturated heterocycles. The predicted octanol–water partition coefficient (Wildman–Crippen LogP) is 2.09. The highest BCUT2D eigenvalue weighted by Gasteiger charge is 2.15. The lowest BCUT2D eigenvalue weighted by atomic mass is 9.99. The second-order valence-electron chi connectivity index (χ2n) is 6.67. The van der Waals surface area contributed by atoms with Crippen LogP contribution in [0.5, 0.6) is 0 Å². The number of rotatable bonds is 8. The van der Waals surface area contributed by atoms with Gasteiger partial charge < -0.3 is 20.9 Å². The molecule has 130 valence electrons. The van der Waals surface area contributed by atoms with E-state index in [4.69, 9.17) is 5.73 Å². The van der Waals surface area contributed by atoms with Crippen LogP contribution in [0, 0.1) is 0 Å². The minimum Gasteiger partial charge on any atom is -0.369 e. The smallest absolute Gasteiger partial charge is 0.0367 e. The Hall–Kier alpha value is -1.10. The summed E-state index contributed by atoms with van der Waals surface area (Å²) in [6.07, 6.45) is 2.02. The summed E-state index contributed by atoms with van der Waals surface area (Å²) in [6, 6.07) is 9.79. The molecule has 2 unspecified atom stereocenters. The van der Waals surface area contributed by atoms with Gasteiger partial charge in [-0.05, 0) is 50.6 Å². The maximum absolute atomic E-state index is 6.39. The average molecular weight is 319 g/mol. The maximum atomic E-state index is 6.39. The molecular formula is C19H34N4.